The molecule has 1 atom stereocenters. The number of amides is 1. The number of carbonyl (C=O) groups is 2. The Morgan fingerprint density at radius 1 is 1.42 bits per heavy atom. The van der Waals surface area contributed by atoms with Crippen LogP contribution in [0.15, 0.2) is 36.5 Å². The Balaban J connectivity index is 1.56. The summed E-state index contributed by atoms with van der Waals surface area (Å²) in [6.07, 6.45) is 0.515. The number of nitrogen functional groups attached to an aromatic ring is 1. The van der Waals surface area contributed by atoms with E-state index in [-0.39, 0.29) is 18.9 Å². The Labute approximate surface area is 148 Å². The maximum atomic E-state index is 12.1. The van der Waals surface area contributed by atoms with E-state index in [1.807, 2.05) is 0 Å². The highest BCUT2D eigenvalue weighted by molar-refractivity contribution is 5.96. The van der Waals surface area contributed by atoms with Crippen molar-refractivity contribution in [3.8, 4) is 5.75 Å². The number of aromatic nitrogens is 1. The Bertz CT molecular complexity index is 830. The second-order valence-electron chi connectivity index (χ2n) is 5.82. The van der Waals surface area contributed by atoms with Crippen LogP contribution in [0.2, 0.25) is 0 Å². The number of cyclic esters (lactones) is 1. The van der Waals surface area contributed by atoms with Crippen molar-refractivity contribution in [2.24, 2.45) is 5.73 Å². The van der Waals surface area contributed by atoms with Crippen molar-refractivity contribution in [2.45, 2.75) is 12.5 Å². The van der Waals surface area contributed by atoms with Crippen LogP contribution in [0.1, 0.15) is 11.3 Å². The minimum absolute atomic E-state index is 0.0411. The molecule has 2 heterocycles. The fourth-order valence-electron chi connectivity index (χ4n) is 2.60. The average Bonchev–Trinajstić information content (AvgIpc) is 3.19. The molecule has 5 N–H and O–H groups in total. The lowest BCUT2D eigenvalue weighted by Gasteiger charge is -2.13. The third kappa shape index (κ3) is 3.94. The van der Waals surface area contributed by atoms with Crippen LogP contribution in [-0.4, -0.2) is 47.2 Å². The lowest BCUT2D eigenvalue weighted by atomic mass is 10.2. The number of ether oxygens (including phenoxy) is 2. The Hall–Kier alpha value is -3.49. The van der Waals surface area contributed by atoms with Crippen molar-refractivity contribution in [3.05, 3.63) is 47.8 Å². The molecule has 0 bridgehead atoms. The number of nitrogens with one attached hydrogen (secondary N) is 2. The number of carboxylic acid groups (broad SMARTS) is 1. The molecule has 1 aromatic carbocycles. The molecule has 1 fully saturated rings. The summed E-state index contributed by atoms with van der Waals surface area (Å²) >= 11 is 0. The van der Waals surface area contributed by atoms with Gasteiger partial charge in [-0.1, -0.05) is 0 Å². The first-order valence-electron chi connectivity index (χ1n) is 7.87. The number of rotatable bonds is 7. The Morgan fingerprint density at radius 3 is 2.81 bits per heavy atom. The van der Waals surface area contributed by atoms with Crippen LogP contribution in [0.25, 0.3) is 0 Å². The zero-order chi connectivity index (χ0) is 18.7. The fraction of sp³-hybridized carbons (Fsp3) is 0.235. The van der Waals surface area contributed by atoms with Gasteiger partial charge >= 0.3 is 12.1 Å². The monoisotopic (exact) mass is 358 g/mol. The molecule has 0 aliphatic carbocycles. The highest BCUT2D eigenvalue weighted by Crippen LogP contribution is 2.23. The van der Waals surface area contributed by atoms with Crippen LogP contribution in [0, 0.1) is 5.41 Å². The summed E-state index contributed by atoms with van der Waals surface area (Å²) in [5.74, 6) is -0.489. The minimum Gasteiger partial charge on any atom is -0.488 e. The van der Waals surface area contributed by atoms with E-state index >= 15 is 0 Å². The minimum atomic E-state index is -0.936. The maximum absolute atomic E-state index is 12.1. The number of H-pyrrole nitrogens is 1. The molecular formula is C17H18N4O5. The summed E-state index contributed by atoms with van der Waals surface area (Å²) < 4.78 is 10.9. The highest BCUT2D eigenvalue weighted by Gasteiger charge is 2.32. The zero-order valence-corrected chi connectivity index (χ0v) is 13.8. The molecule has 2 aromatic rings. The summed E-state index contributed by atoms with van der Waals surface area (Å²) in [5.41, 5.74) is 7.17. The lowest BCUT2D eigenvalue weighted by Crippen LogP contribution is -2.26. The molecule has 9 nitrogen and oxygen atoms in total. The van der Waals surface area contributed by atoms with E-state index in [2.05, 4.69) is 4.98 Å². The molecule has 1 saturated heterocycles. The van der Waals surface area contributed by atoms with Gasteiger partial charge in [0.1, 0.15) is 18.2 Å². The number of nitrogens with two attached hydrogens (primary N) is 1. The molecule has 0 spiro atoms. The van der Waals surface area contributed by atoms with E-state index < -0.39 is 18.2 Å². The molecule has 3 rings (SSSR count). The van der Waals surface area contributed by atoms with E-state index in [4.69, 9.17) is 25.7 Å². The van der Waals surface area contributed by atoms with Gasteiger partial charge in [0.25, 0.3) is 0 Å². The molecular weight excluding hydrogens is 340 g/mol. The number of benzene rings is 1. The predicted octanol–water partition coefficient (Wildman–Crippen LogP) is 1.33. The zero-order valence-electron chi connectivity index (χ0n) is 13.8. The van der Waals surface area contributed by atoms with Crippen molar-refractivity contribution in [1.29, 1.82) is 5.41 Å². The van der Waals surface area contributed by atoms with Crippen LogP contribution in [0.4, 0.5) is 10.5 Å². The molecule has 1 unspecified atom stereocenters. The molecule has 1 aliphatic rings. The first-order chi connectivity index (χ1) is 12.4. The van der Waals surface area contributed by atoms with Gasteiger partial charge < -0.3 is 25.3 Å². The van der Waals surface area contributed by atoms with Crippen molar-refractivity contribution >= 4 is 23.6 Å². The van der Waals surface area contributed by atoms with Crippen LogP contribution in [-0.2, 0) is 16.0 Å². The van der Waals surface area contributed by atoms with Gasteiger partial charge in [0, 0.05) is 29.2 Å². The van der Waals surface area contributed by atoms with Gasteiger partial charge in [0.2, 0.25) is 0 Å². The van der Waals surface area contributed by atoms with E-state index in [0.717, 1.165) is 0 Å². The third-order valence-electron chi connectivity index (χ3n) is 3.86. The van der Waals surface area contributed by atoms with E-state index in [1.165, 1.54) is 4.90 Å². The largest absolute Gasteiger partial charge is 0.488 e. The van der Waals surface area contributed by atoms with Crippen LogP contribution in [0.5, 0.6) is 5.75 Å². The number of amidine groups is 1. The molecule has 26 heavy (non-hydrogen) atoms. The first-order valence-corrected chi connectivity index (χ1v) is 7.87. The topological polar surface area (TPSA) is 142 Å². The Kier molecular flexibility index (Phi) is 4.78. The maximum Gasteiger partial charge on any atom is 0.414 e. The van der Waals surface area contributed by atoms with Gasteiger partial charge in [-0.15, -0.1) is 0 Å². The summed E-state index contributed by atoms with van der Waals surface area (Å²) in [6.45, 7) is 0.475. The van der Waals surface area contributed by atoms with Gasteiger partial charge in [0.15, 0.2) is 6.10 Å². The average molecular weight is 358 g/mol. The highest BCUT2D eigenvalue weighted by atomic mass is 16.6. The number of carbonyl (C=O) groups excluding carboxylic acids is 1. The molecule has 1 amide bonds. The number of nitrogens with zero attached hydrogens (tertiary/aromatic N) is 1. The summed E-state index contributed by atoms with van der Waals surface area (Å²) in [6, 6.07) is 8.33. The number of aliphatic carboxylic acids is 1. The second-order valence-corrected chi connectivity index (χ2v) is 5.82. The van der Waals surface area contributed by atoms with Crippen molar-refractivity contribution in [3.63, 3.8) is 0 Å². The van der Waals surface area contributed by atoms with Crippen LogP contribution < -0.4 is 15.4 Å². The van der Waals surface area contributed by atoms with Crippen molar-refractivity contribution < 1.29 is 24.2 Å². The summed E-state index contributed by atoms with van der Waals surface area (Å²) in [4.78, 5) is 27.0. The number of hydrogen-bond acceptors (Lipinski definition) is 5. The van der Waals surface area contributed by atoms with Gasteiger partial charge in [-0.2, -0.15) is 0 Å². The lowest BCUT2D eigenvalue weighted by molar-refractivity contribution is -0.136. The number of carboxylic acids is 1. The number of aromatic amines is 1. The molecule has 1 aromatic heterocycles. The van der Waals surface area contributed by atoms with E-state index in [9.17, 15) is 9.59 Å². The van der Waals surface area contributed by atoms with E-state index in [1.54, 1.807) is 36.5 Å². The molecule has 9 heteroatoms. The molecule has 1 aliphatic heterocycles. The van der Waals surface area contributed by atoms with E-state index in [0.29, 0.717) is 29.2 Å². The van der Waals surface area contributed by atoms with Gasteiger partial charge in [0.05, 0.1) is 13.0 Å². The molecule has 0 radical (unpaired) electrons. The van der Waals surface area contributed by atoms with Crippen molar-refractivity contribution in [1.82, 2.24) is 4.98 Å². The third-order valence-corrected chi connectivity index (χ3v) is 3.86. The normalized spacial score (nSPS) is 16.4. The number of hydrogen-bond donors (Lipinski definition) is 4. The van der Waals surface area contributed by atoms with Gasteiger partial charge in [-0.25, -0.2) is 4.79 Å². The summed E-state index contributed by atoms with van der Waals surface area (Å²) in [7, 11) is 0. The predicted molar refractivity (Wildman–Crippen MR) is 92.7 cm³/mol. The fourth-order valence-corrected chi connectivity index (χ4v) is 2.60. The molecule has 136 valence electrons. The number of anilines is 1. The smallest absolute Gasteiger partial charge is 0.414 e. The molecule has 0 saturated carbocycles. The SMILES string of the molecule is N=C(N)c1ccc(N2CC(COc3c[nH]c(CC(=O)O)c3)OC2=O)cc1. The van der Waals surface area contributed by atoms with Crippen LogP contribution >= 0.6 is 0 Å². The Morgan fingerprint density at radius 2 is 2.15 bits per heavy atom. The first kappa shape index (κ1) is 17.3. The standard InChI is InChI=1S/C17H18N4O5/c18-16(19)10-1-3-12(4-2-10)21-8-14(26-17(21)24)9-25-13-5-11(20-7-13)6-15(22)23/h1-5,7,14,20H,6,8-9H2,(H3,18,19)(H,22,23). The summed E-state index contributed by atoms with van der Waals surface area (Å²) in [5, 5.41) is 16.1. The quantitative estimate of drug-likeness (QED) is 0.434. The van der Waals surface area contributed by atoms with Gasteiger partial charge in [-0.05, 0) is 24.3 Å². The second kappa shape index (κ2) is 7.18. The van der Waals surface area contributed by atoms with Crippen molar-refractivity contribution in [2.75, 3.05) is 18.1 Å². The van der Waals surface area contributed by atoms with Gasteiger partial charge in [-0.3, -0.25) is 15.1 Å². The van der Waals surface area contributed by atoms with Crippen LogP contribution in [0.3, 0.4) is 0 Å².